The number of nitrogens with two attached hydrogens (primary N) is 1. The number of carbonyl (C=O) groups excluding carboxylic acids is 2. The number of primary amides is 1. The number of hydrogen-bond acceptors (Lipinski definition) is 6. The van der Waals surface area contributed by atoms with Crippen molar-refractivity contribution in [3.63, 3.8) is 0 Å². The number of benzene rings is 2. The first-order valence-corrected chi connectivity index (χ1v) is 7.70. The first-order chi connectivity index (χ1) is 12.6. The second-order valence-electron chi connectivity index (χ2n) is 5.34. The summed E-state index contributed by atoms with van der Waals surface area (Å²) in [5.74, 6) is -0.728. The summed E-state index contributed by atoms with van der Waals surface area (Å²) in [4.78, 5) is 23.4. The van der Waals surface area contributed by atoms with Crippen LogP contribution in [-0.4, -0.2) is 34.4 Å². The van der Waals surface area contributed by atoms with Crippen LogP contribution >= 0.6 is 0 Å². The van der Waals surface area contributed by atoms with E-state index in [0.29, 0.717) is 22.6 Å². The number of amides is 1. The number of nitrogens with zero attached hydrogens (tertiary/aromatic N) is 2. The number of H-pyrrole nitrogens is 1. The zero-order chi connectivity index (χ0) is 18.5. The molecule has 3 N–H and O–H groups in total. The van der Waals surface area contributed by atoms with E-state index in [4.69, 9.17) is 15.2 Å². The molecule has 0 saturated carbocycles. The molecule has 1 aromatic heterocycles. The molecular weight excluding hydrogens is 336 g/mol. The van der Waals surface area contributed by atoms with Crippen LogP contribution in [0.2, 0.25) is 0 Å². The minimum atomic E-state index is -0.889. The maximum absolute atomic E-state index is 12.1. The van der Waals surface area contributed by atoms with Crippen molar-refractivity contribution in [2.75, 3.05) is 7.11 Å². The number of aromatic amines is 1. The van der Waals surface area contributed by atoms with E-state index in [1.54, 1.807) is 36.4 Å². The number of methoxy groups -OCH3 is 1. The SMILES string of the molecule is COC(=O)C(Oc1ccc(-c2n[nH]nc2C(N)=O)cc1)c1ccccc1. The molecule has 0 aliphatic rings. The lowest BCUT2D eigenvalue weighted by Crippen LogP contribution is -2.20. The molecule has 0 radical (unpaired) electrons. The average molecular weight is 352 g/mol. The first-order valence-electron chi connectivity index (χ1n) is 7.70. The summed E-state index contributed by atoms with van der Waals surface area (Å²) >= 11 is 0. The highest BCUT2D eigenvalue weighted by atomic mass is 16.6. The van der Waals surface area contributed by atoms with Gasteiger partial charge in [0.2, 0.25) is 6.10 Å². The Bertz CT molecular complexity index is 906. The van der Waals surface area contributed by atoms with Gasteiger partial charge in [-0.3, -0.25) is 4.79 Å². The van der Waals surface area contributed by atoms with Gasteiger partial charge < -0.3 is 15.2 Å². The second kappa shape index (κ2) is 7.47. The Balaban J connectivity index is 1.84. The summed E-state index contributed by atoms with van der Waals surface area (Å²) in [5.41, 5.74) is 6.97. The Morgan fingerprint density at radius 2 is 1.73 bits per heavy atom. The largest absolute Gasteiger partial charge is 0.474 e. The monoisotopic (exact) mass is 352 g/mol. The molecular formula is C18H16N4O4. The Morgan fingerprint density at radius 1 is 1.04 bits per heavy atom. The molecule has 0 aliphatic heterocycles. The van der Waals surface area contributed by atoms with Crippen LogP contribution < -0.4 is 10.5 Å². The highest BCUT2D eigenvalue weighted by molar-refractivity contribution is 5.96. The summed E-state index contributed by atoms with van der Waals surface area (Å²) in [6.45, 7) is 0. The van der Waals surface area contributed by atoms with Gasteiger partial charge in [-0.05, 0) is 24.3 Å². The van der Waals surface area contributed by atoms with Gasteiger partial charge in [-0.25, -0.2) is 4.79 Å². The minimum absolute atomic E-state index is 0.0513. The second-order valence-corrected chi connectivity index (χ2v) is 5.34. The van der Waals surface area contributed by atoms with Crippen molar-refractivity contribution in [2.24, 2.45) is 5.73 Å². The molecule has 3 aromatic rings. The molecule has 2 aromatic carbocycles. The fourth-order valence-corrected chi connectivity index (χ4v) is 2.42. The minimum Gasteiger partial charge on any atom is -0.474 e. The number of aromatic nitrogens is 3. The number of rotatable bonds is 6. The standard InChI is InChI=1S/C18H16N4O4/c1-25-18(24)16(12-5-3-2-4-6-12)26-13-9-7-11(8-10-13)14-15(17(19)23)21-22-20-14/h2-10,16H,1H3,(H2,19,23)(H,20,21,22). The fourth-order valence-electron chi connectivity index (χ4n) is 2.42. The normalized spacial score (nSPS) is 11.6. The number of ether oxygens (including phenoxy) is 2. The molecule has 0 aliphatic carbocycles. The summed E-state index contributed by atoms with van der Waals surface area (Å²) in [6, 6.07) is 15.7. The average Bonchev–Trinajstić information content (AvgIpc) is 3.17. The predicted molar refractivity (Wildman–Crippen MR) is 92.2 cm³/mol. The van der Waals surface area contributed by atoms with Crippen LogP contribution in [0.4, 0.5) is 0 Å². The molecule has 132 valence electrons. The van der Waals surface area contributed by atoms with Crippen LogP contribution in [0.25, 0.3) is 11.3 Å². The van der Waals surface area contributed by atoms with Gasteiger partial charge >= 0.3 is 5.97 Å². The number of esters is 1. The van der Waals surface area contributed by atoms with Crippen LogP contribution in [0.15, 0.2) is 54.6 Å². The van der Waals surface area contributed by atoms with Crippen molar-refractivity contribution in [1.29, 1.82) is 0 Å². The van der Waals surface area contributed by atoms with E-state index < -0.39 is 18.0 Å². The van der Waals surface area contributed by atoms with Crippen molar-refractivity contribution in [3.8, 4) is 17.0 Å². The van der Waals surface area contributed by atoms with E-state index in [1.165, 1.54) is 7.11 Å². The van der Waals surface area contributed by atoms with Crippen molar-refractivity contribution in [3.05, 3.63) is 65.9 Å². The summed E-state index contributed by atoms with van der Waals surface area (Å²) in [5, 5.41) is 10.0. The Kier molecular flexibility index (Phi) is 4.93. The quantitative estimate of drug-likeness (QED) is 0.653. The molecule has 0 saturated heterocycles. The fraction of sp³-hybridized carbons (Fsp3) is 0.111. The molecule has 1 heterocycles. The van der Waals surface area contributed by atoms with Crippen LogP contribution in [0, 0.1) is 0 Å². The zero-order valence-corrected chi connectivity index (χ0v) is 13.9. The van der Waals surface area contributed by atoms with Gasteiger partial charge in [0.1, 0.15) is 11.4 Å². The Morgan fingerprint density at radius 3 is 2.35 bits per heavy atom. The van der Waals surface area contributed by atoms with E-state index in [9.17, 15) is 9.59 Å². The Labute approximate surface area is 148 Å². The molecule has 1 atom stereocenters. The highest BCUT2D eigenvalue weighted by Crippen LogP contribution is 2.26. The molecule has 26 heavy (non-hydrogen) atoms. The number of carbonyl (C=O) groups is 2. The van der Waals surface area contributed by atoms with Crippen LogP contribution in [0.5, 0.6) is 5.75 Å². The third-order valence-electron chi connectivity index (χ3n) is 3.68. The van der Waals surface area contributed by atoms with Gasteiger partial charge in [0.15, 0.2) is 5.69 Å². The Hall–Kier alpha value is -3.68. The molecule has 1 amide bonds. The van der Waals surface area contributed by atoms with E-state index in [2.05, 4.69) is 15.4 Å². The third-order valence-corrected chi connectivity index (χ3v) is 3.68. The van der Waals surface area contributed by atoms with Gasteiger partial charge in [-0.15, -0.1) is 0 Å². The maximum Gasteiger partial charge on any atom is 0.351 e. The topological polar surface area (TPSA) is 120 Å². The van der Waals surface area contributed by atoms with E-state index in [-0.39, 0.29) is 5.69 Å². The highest BCUT2D eigenvalue weighted by Gasteiger charge is 2.23. The van der Waals surface area contributed by atoms with Gasteiger partial charge in [0.25, 0.3) is 5.91 Å². The van der Waals surface area contributed by atoms with Crippen LogP contribution in [-0.2, 0) is 9.53 Å². The molecule has 3 rings (SSSR count). The molecule has 0 bridgehead atoms. The van der Waals surface area contributed by atoms with E-state index in [0.717, 1.165) is 0 Å². The van der Waals surface area contributed by atoms with E-state index >= 15 is 0 Å². The number of nitrogens with one attached hydrogen (secondary N) is 1. The van der Waals surface area contributed by atoms with Gasteiger partial charge in [-0.2, -0.15) is 15.4 Å². The zero-order valence-electron chi connectivity index (χ0n) is 13.9. The molecule has 8 nitrogen and oxygen atoms in total. The van der Waals surface area contributed by atoms with Gasteiger partial charge in [0, 0.05) is 11.1 Å². The van der Waals surface area contributed by atoms with E-state index in [1.807, 2.05) is 18.2 Å². The summed E-state index contributed by atoms with van der Waals surface area (Å²) in [6.07, 6.45) is -0.889. The van der Waals surface area contributed by atoms with Crippen molar-refractivity contribution in [2.45, 2.75) is 6.10 Å². The van der Waals surface area contributed by atoms with Crippen LogP contribution in [0.1, 0.15) is 22.2 Å². The first kappa shape index (κ1) is 17.2. The lowest BCUT2D eigenvalue weighted by Gasteiger charge is -2.17. The van der Waals surface area contributed by atoms with Crippen LogP contribution in [0.3, 0.4) is 0 Å². The summed E-state index contributed by atoms with van der Waals surface area (Å²) < 4.78 is 10.6. The smallest absolute Gasteiger partial charge is 0.351 e. The predicted octanol–water partition coefficient (Wildman–Crippen LogP) is 1.86. The summed E-state index contributed by atoms with van der Waals surface area (Å²) in [7, 11) is 1.31. The molecule has 1 unspecified atom stereocenters. The van der Waals surface area contributed by atoms with Gasteiger partial charge in [0.05, 0.1) is 7.11 Å². The van der Waals surface area contributed by atoms with Crippen molar-refractivity contribution < 1.29 is 19.1 Å². The molecule has 8 heteroatoms. The van der Waals surface area contributed by atoms with Crippen molar-refractivity contribution in [1.82, 2.24) is 15.4 Å². The molecule has 0 spiro atoms. The van der Waals surface area contributed by atoms with Crippen molar-refractivity contribution >= 4 is 11.9 Å². The molecule has 0 fully saturated rings. The van der Waals surface area contributed by atoms with Gasteiger partial charge in [-0.1, -0.05) is 30.3 Å². The maximum atomic E-state index is 12.1. The lowest BCUT2D eigenvalue weighted by molar-refractivity contribution is -0.149. The lowest BCUT2D eigenvalue weighted by atomic mass is 10.1. The number of hydrogen-bond donors (Lipinski definition) is 2. The third kappa shape index (κ3) is 3.54.